The van der Waals surface area contributed by atoms with Crippen LogP contribution in [-0.2, 0) is 0 Å². The quantitative estimate of drug-likeness (QED) is 0.664. The summed E-state index contributed by atoms with van der Waals surface area (Å²) < 4.78 is 0.544. The predicted molar refractivity (Wildman–Crippen MR) is 61.0 cm³/mol. The fourth-order valence-corrected chi connectivity index (χ4v) is 2.25. The van der Waals surface area contributed by atoms with Gasteiger partial charge < -0.3 is 5.32 Å². The summed E-state index contributed by atoms with van der Waals surface area (Å²) in [5.74, 6) is 0.414. The van der Waals surface area contributed by atoms with Crippen LogP contribution >= 0.6 is 15.9 Å². The second kappa shape index (κ2) is 4.28. The molecule has 1 aromatic carbocycles. The molecule has 1 unspecified atom stereocenters. The molecular weight excluding hydrogens is 260 g/mol. The van der Waals surface area contributed by atoms with Gasteiger partial charge in [-0.05, 0) is 46.4 Å². The molecule has 80 valence electrons. The number of hydrogen-bond acceptors (Lipinski definition) is 3. The summed E-state index contributed by atoms with van der Waals surface area (Å²) in [6.45, 7) is 1.91. The van der Waals surface area contributed by atoms with Crippen molar-refractivity contribution < 1.29 is 4.92 Å². The smallest absolute Gasteiger partial charge is 0.283 e. The molecule has 0 amide bonds. The van der Waals surface area contributed by atoms with Crippen LogP contribution in [-0.4, -0.2) is 18.0 Å². The average Bonchev–Trinajstić information content (AvgIpc) is 2.71. The third-order valence-electron chi connectivity index (χ3n) is 2.70. The Hall–Kier alpha value is -0.940. The summed E-state index contributed by atoms with van der Waals surface area (Å²) in [5, 5.41) is 14.0. The molecule has 1 saturated heterocycles. The molecule has 15 heavy (non-hydrogen) atoms. The van der Waals surface area contributed by atoms with E-state index >= 15 is 0 Å². The molecule has 0 saturated carbocycles. The highest BCUT2D eigenvalue weighted by Crippen LogP contribution is 2.30. The van der Waals surface area contributed by atoms with Gasteiger partial charge in [0, 0.05) is 12.6 Å². The van der Waals surface area contributed by atoms with Gasteiger partial charge in [0.05, 0.1) is 9.40 Å². The summed E-state index contributed by atoms with van der Waals surface area (Å²) >= 11 is 3.18. The Morgan fingerprint density at radius 1 is 1.53 bits per heavy atom. The number of nitro groups is 1. The van der Waals surface area contributed by atoms with E-state index in [1.807, 2.05) is 6.07 Å². The van der Waals surface area contributed by atoms with Crippen LogP contribution in [0.4, 0.5) is 5.69 Å². The molecule has 2 rings (SSSR count). The first-order valence-electron chi connectivity index (χ1n) is 4.83. The molecule has 1 fully saturated rings. The van der Waals surface area contributed by atoms with E-state index in [4.69, 9.17) is 0 Å². The lowest BCUT2D eigenvalue weighted by Crippen LogP contribution is -2.08. The Labute approximate surface area is 96.0 Å². The maximum Gasteiger partial charge on any atom is 0.283 e. The Balaban J connectivity index is 2.33. The zero-order chi connectivity index (χ0) is 10.8. The fourth-order valence-electron chi connectivity index (χ4n) is 1.86. The minimum atomic E-state index is -0.351. The van der Waals surface area contributed by atoms with Gasteiger partial charge in [0.25, 0.3) is 5.69 Å². The number of rotatable bonds is 2. The molecule has 0 radical (unpaired) electrons. The minimum Gasteiger partial charge on any atom is -0.316 e. The van der Waals surface area contributed by atoms with Crippen LogP contribution in [0.25, 0.3) is 0 Å². The van der Waals surface area contributed by atoms with Crippen LogP contribution in [0.3, 0.4) is 0 Å². The van der Waals surface area contributed by atoms with E-state index in [1.54, 1.807) is 12.1 Å². The molecular formula is C10H11BrN2O2. The Bertz CT molecular complexity index is 389. The van der Waals surface area contributed by atoms with Crippen molar-refractivity contribution in [3.8, 4) is 0 Å². The first kappa shape index (κ1) is 10.6. The first-order valence-corrected chi connectivity index (χ1v) is 5.62. The molecule has 4 nitrogen and oxygen atoms in total. The van der Waals surface area contributed by atoms with Crippen molar-refractivity contribution in [1.29, 1.82) is 0 Å². The van der Waals surface area contributed by atoms with Gasteiger partial charge in [-0.15, -0.1) is 0 Å². The van der Waals surface area contributed by atoms with Crippen molar-refractivity contribution in [3.63, 3.8) is 0 Å². The van der Waals surface area contributed by atoms with Crippen molar-refractivity contribution in [2.75, 3.05) is 13.1 Å². The number of nitrogens with one attached hydrogen (secondary N) is 1. The van der Waals surface area contributed by atoms with Crippen molar-refractivity contribution in [1.82, 2.24) is 5.32 Å². The third-order valence-corrected chi connectivity index (χ3v) is 3.37. The predicted octanol–water partition coefficient (Wildman–Crippen LogP) is 2.43. The molecule has 1 aliphatic heterocycles. The zero-order valence-electron chi connectivity index (χ0n) is 8.07. The third kappa shape index (κ3) is 2.18. The maximum atomic E-state index is 10.7. The average molecular weight is 271 g/mol. The van der Waals surface area contributed by atoms with Crippen molar-refractivity contribution in [2.45, 2.75) is 12.3 Å². The van der Waals surface area contributed by atoms with Crippen molar-refractivity contribution in [3.05, 3.63) is 38.3 Å². The molecule has 0 bridgehead atoms. The number of nitrogens with zero attached hydrogens (tertiary/aromatic N) is 1. The summed E-state index contributed by atoms with van der Waals surface area (Å²) in [5.41, 5.74) is 1.20. The second-order valence-electron chi connectivity index (χ2n) is 3.66. The normalized spacial score (nSPS) is 20.5. The summed E-state index contributed by atoms with van der Waals surface area (Å²) in [4.78, 5) is 10.4. The summed E-state index contributed by atoms with van der Waals surface area (Å²) in [6.07, 6.45) is 1.05. The van der Waals surface area contributed by atoms with Gasteiger partial charge in [0.15, 0.2) is 0 Å². The van der Waals surface area contributed by atoms with Crippen LogP contribution < -0.4 is 5.32 Å². The van der Waals surface area contributed by atoms with Crippen LogP contribution in [0.1, 0.15) is 17.9 Å². The van der Waals surface area contributed by atoms with Crippen molar-refractivity contribution >= 4 is 21.6 Å². The number of benzene rings is 1. The molecule has 1 aliphatic rings. The van der Waals surface area contributed by atoms with Gasteiger partial charge in [-0.3, -0.25) is 10.1 Å². The van der Waals surface area contributed by atoms with Crippen LogP contribution in [0.15, 0.2) is 22.7 Å². The molecule has 1 heterocycles. The van der Waals surface area contributed by atoms with Gasteiger partial charge in [0.2, 0.25) is 0 Å². The lowest BCUT2D eigenvalue weighted by Gasteiger charge is -2.08. The second-order valence-corrected chi connectivity index (χ2v) is 4.51. The topological polar surface area (TPSA) is 55.2 Å². The van der Waals surface area contributed by atoms with Gasteiger partial charge in [-0.2, -0.15) is 0 Å². The highest BCUT2D eigenvalue weighted by Gasteiger charge is 2.20. The van der Waals surface area contributed by atoms with E-state index in [9.17, 15) is 10.1 Å². The van der Waals surface area contributed by atoms with E-state index in [0.29, 0.717) is 10.4 Å². The molecule has 1 N–H and O–H groups in total. The molecule has 1 aromatic rings. The van der Waals surface area contributed by atoms with Gasteiger partial charge in [-0.25, -0.2) is 0 Å². The molecule has 5 heteroatoms. The molecule has 1 atom stereocenters. The Morgan fingerprint density at radius 3 is 2.93 bits per heavy atom. The summed E-state index contributed by atoms with van der Waals surface area (Å²) in [6, 6.07) is 5.38. The number of halogens is 1. The molecule has 0 spiro atoms. The van der Waals surface area contributed by atoms with E-state index in [2.05, 4.69) is 21.2 Å². The van der Waals surface area contributed by atoms with E-state index in [0.717, 1.165) is 25.1 Å². The van der Waals surface area contributed by atoms with Crippen LogP contribution in [0.5, 0.6) is 0 Å². The van der Waals surface area contributed by atoms with E-state index < -0.39 is 0 Å². The highest BCUT2D eigenvalue weighted by molar-refractivity contribution is 9.10. The van der Waals surface area contributed by atoms with Crippen LogP contribution in [0.2, 0.25) is 0 Å². The molecule has 0 aromatic heterocycles. The largest absolute Gasteiger partial charge is 0.316 e. The number of nitro benzene ring substituents is 1. The van der Waals surface area contributed by atoms with Crippen LogP contribution in [0, 0.1) is 10.1 Å². The molecule has 0 aliphatic carbocycles. The standard InChI is InChI=1S/C10H11BrN2O2/c11-9-2-1-7(5-10(9)13(14)15)8-3-4-12-6-8/h1-2,5,8,12H,3-4,6H2. The van der Waals surface area contributed by atoms with Gasteiger partial charge >= 0.3 is 0 Å². The highest BCUT2D eigenvalue weighted by atomic mass is 79.9. The lowest BCUT2D eigenvalue weighted by atomic mass is 9.98. The lowest BCUT2D eigenvalue weighted by molar-refractivity contribution is -0.385. The fraction of sp³-hybridized carbons (Fsp3) is 0.400. The maximum absolute atomic E-state index is 10.7. The zero-order valence-corrected chi connectivity index (χ0v) is 9.66. The van der Waals surface area contributed by atoms with Crippen molar-refractivity contribution in [2.24, 2.45) is 0 Å². The number of hydrogen-bond donors (Lipinski definition) is 1. The first-order chi connectivity index (χ1) is 7.18. The Kier molecular flexibility index (Phi) is 3.02. The van der Waals surface area contributed by atoms with Gasteiger partial charge in [0.1, 0.15) is 0 Å². The summed E-state index contributed by atoms with van der Waals surface area (Å²) in [7, 11) is 0. The van der Waals surface area contributed by atoms with E-state index in [-0.39, 0.29) is 10.6 Å². The monoisotopic (exact) mass is 270 g/mol. The Morgan fingerprint density at radius 2 is 2.33 bits per heavy atom. The van der Waals surface area contributed by atoms with Gasteiger partial charge in [-0.1, -0.05) is 6.07 Å². The minimum absolute atomic E-state index is 0.152. The van der Waals surface area contributed by atoms with E-state index in [1.165, 1.54) is 0 Å². The SMILES string of the molecule is O=[N+]([O-])c1cc(C2CCNC2)ccc1Br.